The van der Waals surface area contributed by atoms with E-state index in [1.807, 2.05) is 63.8 Å². The molecule has 1 N–H and O–H groups in total. The van der Waals surface area contributed by atoms with Crippen LogP contribution in [0.5, 0.6) is 0 Å². The van der Waals surface area contributed by atoms with E-state index in [2.05, 4.69) is 34.5 Å². The van der Waals surface area contributed by atoms with E-state index >= 15 is 0 Å². The summed E-state index contributed by atoms with van der Waals surface area (Å²) in [7, 11) is 3.68. The fraction of sp³-hybridized carbons (Fsp3) is 0.657. The Bertz CT molecular complexity index is 1600. The van der Waals surface area contributed by atoms with Crippen molar-refractivity contribution in [1.29, 1.82) is 0 Å². The number of para-hydroxylation sites is 1. The van der Waals surface area contributed by atoms with Gasteiger partial charge in [0.1, 0.15) is 36.4 Å². The number of thiazole rings is 1. The highest BCUT2D eigenvalue weighted by Gasteiger charge is 2.58. The van der Waals surface area contributed by atoms with Crippen molar-refractivity contribution in [2.45, 2.75) is 115 Å². The number of nitrogens with one attached hydrogen (secondary N) is 1. The quantitative estimate of drug-likeness (QED) is 0.153. The van der Waals surface area contributed by atoms with Crippen LogP contribution in [0.4, 0.5) is 4.79 Å². The molecule has 0 saturated carbocycles. The van der Waals surface area contributed by atoms with E-state index in [4.69, 9.17) is 14.2 Å². The number of nitrogens with zero attached hydrogens (tertiary/aromatic N) is 5. The molecule has 2 aromatic heterocycles. The van der Waals surface area contributed by atoms with E-state index in [-0.39, 0.29) is 30.0 Å². The van der Waals surface area contributed by atoms with Gasteiger partial charge in [-0.25, -0.2) is 9.78 Å². The summed E-state index contributed by atoms with van der Waals surface area (Å²) in [6.45, 7) is 13.4. The number of carbonyl (C=O) groups is 3. The molecule has 0 aliphatic carbocycles. The van der Waals surface area contributed by atoms with Crippen LogP contribution < -0.4 is 5.32 Å². The molecule has 2 aliphatic rings. The van der Waals surface area contributed by atoms with Gasteiger partial charge < -0.3 is 19.5 Å². The predicted octanol–water partition coefficient (Wildman–Crippen LogP) is 4.68. The van der Waals surface area contributed by atoms with Crippen LogP contribution >= 0.6 is 11.3 Å². The second kappa shape index (κ2) is 15.3. The third kappa shape index (κ3) is 7.86. The summed E-state index contributed by atoms with van der Waals surface area (Å²) in [4.78, 5) is 46.8. The Morgan fingerprint density at radius 1 is 1.12 bits per heavy atom. The van der Waals surface area contributed by atoms with Crippen molar-refractivity contribution >= 4 is 47.2 Å². The number of benzene rings is 1. The number of fused-ring (bicyclic) bond motifs is 2. The van der Waals surface area contributed by atoms with E-state index in [9.17, 15) is 14.4 Å². The second-order valence-corrected chi connectivity index (χ2v) is 15.4. The number of aromatic nitrogens is 4. The summed E-state index contributed by atoms with van der Waals surface area (Å²) in [5.41, 5.74) is -0.00529. The van der Waals surface area contributed by atoms with Crippen LogP contribution in [0.1, 0.15) is 73.6 Å². The minimum atomic E-state index is -1.13. The molecule has 2 saturated heterocycles. The molecule has 5 rings (SSSR count). The van der Waals surface area contributed by atoms with Crippen LogP contribution in [0.3, 0.4) is 0 Å². The van der Waals surface area contributed by atoms with Crippen LogP contribution in [0.15, 0.2) is 30.5 Å². The third-order valence-electron chi connectivity index (χ3n) is 10.7. The maximum Gasteiger partial charge on any atom is 0.410 e. The molecule has 12 nitrogen and oxygen atoms in total. The number of carbonyl (C=O) groups excluding carboxylic acids is 3. The maximum absolute atomic E-state index is 13.6. The van der Waals surface area contributed by atoms with Gasteiger partial charge >= 0.3 is 12.1 Å². The van der Waals surface area contributed by atoms with Gasteiger partial charge in [0.05, 0.1) is 28.1 Å². The van der Waals surface area contributed by atoms with Crippen LogP contribution in [0.2, 0.25) is 5.82 Å². The highest BCUT2D eigenvalue weighted by molar-refractivity contribution is 7.21. The number of rotatable bonds is 8. The Kier molecular flexibility index (Phi) is 11.5. The smallest absolute Gasteiger partial charge is 0.410 e. The molecule has 0 bridgehead atoms. The highest BCUT2D eigenvalue weighted by atomic mass is 32.1. The topological polar surface area (TPSA) is 138 Å². The first kappa shape index (κ1) is 36.9. The first-order valence-electron chi connectivity index (χ1n) is 17.6. The van der Waals surface area contributed by atoms with E-state index in [0.29, 0.717) is 32.5 Å². The number of methoxy groups -OCH3 is 1. The van der Waals surface area contributed by atoms with Crippen LogP contribution in [0.25, 0.3) is 20.9 Å². The minimum Gasteiger partial charge on any atom is -0.458 e. The molecule has 14 heteroatoms. The zero-order valence-corrected chi connectivity index (χ0v) is 30.9. The summed E-state index contributed by atoms with van der Waals surface area (Å²) >= 11 is 1.59. The van der Waals surface area contributed by atoms with Crippen molar-refractivity contribution < 1.29 is 28.6 Å². The number of aryl methyl sites for hydroxylation is 1. The van der Waals surface area contributed by atoms with Crippen molar-refractivity contribution in [3.63, 3.8) is 0 Å². The molecule has 3 aromatic rings. The van der Waals surface area contributed by atoms with E-state index < -0.39 is 41.3 Å². The van der Waals surface area contributed by atoms with Gasteiger partial charge in [-0.2, -0.15) is 0 Å². The Morgan fingerprint density at radius 2 is 1.86 bits per heavy atom. The van der Waals surface area contributed by atoms with Gasteiger partial charge in [0.25, 0.3) is 0 Å². The summed E-state index contributed by atoms with van der Waals surface area (Å²) in [5.74, 6) is -1.62. The normalized spacial score (nSPS) is 32.0. The summed E-state index contributed by atoms with van der Waals surface area (Å²) < 4.78 is 21.1. The largest absolute Gasteiger partial charge is 0.458 e. The number of Topliss-reactive ketones (excluding diaryl/α,β-unsaturated/α-hetero) is 1. The number of amides is 1. The molecule has 2 fully saturated rings. The van der Waals surface area contributed by atoms with Gasteiger partial charge in [-0.3, -0.25) is 19.2 Å². The van der Waals surface area contributed by atoms with Gasteiger partial charge in [0.2, 0.25) is 0 Å². The van der Waals surface area contributed by atoms with Gasteiger partial charge in [0.15, 0.2) is 5.60 Å². The summed E-state index contributed by atoms with van der Waals surface area (Å²) in [5, 5.41) is 13.2. The molecule has 1 amide bonds. The SMILES string of the molecule is B[C@@H]1CC(=O)[C@@H](C)C(=O)O[C@H](CC)[C@@]2(C)OC(=O)N(CCCCn3cc(-c4nc5ccccc5s4)nn3)[C@@H]2[C@@H](C)NC[C@H](C)C[C@@]1(C)OC. The Balaban J connectivity index is 1.31. The third-order valence-corrected chi connectivity index (χ3v) is 11.7. The fourth-order valence-electron chi connectivity index (χ4n) is 7.45. The average Bonchev–Trinajstić information content (AvgIpc) is 3.79. The van der Waals surface area contributed by atoms with Gasteiger partial charge in [-0.15, -0.1) is 16.4 Å². The van der Waals surface area contributed by atoms with Crippen molar-refractivity contribution in [2.75, 3.05) is 20.2 Å². The van der Waals surface area contributed by atoms with Crippen molar-refractivity contribution in [3.05, 3.63) is 30.5 Å². The number of hydrogen-bond donors (Lipinski definition) is 1. The van der Waals surface area contributed by atoms with Gasteiger partial charge in [0, 0.05) is 32.7 Å². The lowest BCUT2D eigenvalue weighted by Crippen LogP contribution is -2.60. The molecular weight excluding hydrogens is 643 g/mol. The van der Waals surface area contributed by atoms with Crippen molar-refractivity contribution in [3.8, 4) is 10.7 Å². The first-order chi connectivity index (χ1) is 23.3. The fourth-order valence-corrected chi connectivity index (χ4v) is 8.36. The first-order valence-corrected chi connectivity index (χ1v) is 18.4. The van der Waals surface area contributed by atoms with E-state index in [1.165, 1.54) is 0 Å². The molecule has 0 spiro atoms. The molecular formula is C35H51BN6O6S. The number of hydrogen-bond acceptors (Lipinski definition) is 11. The number of unbranched alkanes of at least 4 members (excludes halogenated alkanes) is 1. The number of ether oxygens (including phenoxy) is 3. The lowest BCUT2D eigenvalue weighted by molar-refractivity contribution is -0.169. The zero-order valence-electron chi connectivity index (χ0n) is 30.1. The number of esters is 1. The Labute approximate surface area is 294 Å². The monoisotopic (exact) mass is 694 g/mol. The van der Waals surface area contributed by atoms with E-state index in [1.54, 1.807) is 30.3 Å². The van der Waals surface area contributed by atoms with Crippen LogP contribution in [-0.4, -0.2) is 100 Å². The summed E-state index contributed by atoms with van der Waals surface area (Å²) in [6.07, 6.45) is 3.54. The Hall–Kier alpha value is -3.36. The number of ketones is 1. The molecule has 8 atom stereocenters. The molecule has 1 aromatic carbocycles. The minimum absolute atomic E-state index is 0.0998. The van der Waals surface area contributed by atoms with Crippen molar-refractivity contribution in [1.82, 2.24) is 30.2 Å². The Morgan fingerprint density at radius 3 is 2.57 bits per heavy atom. The lowest BCUT2D eigenvalue weighted by Gasteiger charge is -2.41. The molecule has 49 heavy (non-hydrogen) atoms. The van der Waals surface area contributed by atoms with Gasteiger partial charge in [-0.05, 0) is 83.8 Å². The predicted molar refractivity (Wildman–Crippen MR) is 191 cm³/mol. The summed E-state index contributed by atoms with van der Waals surface area (Å²) in [6, 6.07) is 7.39. The standard InChI is InChI=1S/C35H51BN6O6S/c1-8-29-35(6)30(23(4)37-19-21(2)18-34(5,46-7)28(36)17-26(43)22(3)32(44)47-29)42(33(45)48-35)16-12-11-15-41-20-25(39-40-41)31-38-24-13-9-10-14-27(24)49-31/h9-10,13-14,20-23,28-30,37H,8,11-12,15-19,36H2,1-7H3/t21-,22-,23-,28-,29-,30-,34-,35-/m1/s1. The second-order valence-electron chi connectivity index (χ2n) is 14.4. The maximum atomic E-state index is 13.6. The molecule has 2 aliphatic heterocycles. The molecule has 4 heterocycles. The lowest BCUT2D eigenvalue weighted by atomic mass is 9.67. The van der Waals surface area contributed by atoms with Crippen LogP contribution in [-0.2, 0) is 30.3 Å². The zero-order chi connectivity index (χ0) is 35.5. The molecule has 266 valence electrons. The average molecular weight is 695 g/mol. The van der Waals surface area contributed by atoms with E-state index in [0.717, 1.165) is 33.8 Å². The van der Waals surface area contributed by atoms with Gasteiger partial charge in [-0.1, -0.05) is 31.2 Å². The van der Waals surface area contributed by atoms with Crippen LogP contribution in [0, 0.1) is 11.8 Å². The molecule has 0 unspecified atom stereocenters. The number of cyclic esters (lactones) is 1. The highest BCUT2D eigenvalue weighted by Crippen LogP contribution is 2.39. The van der Waals surface area contributed by atoms with Crippen molar-refractivity contribution in [2.24, 2.45) is 11.8 Å². The molecule has 0 radical (unpaired) electrons.